The molecular weight excluding hydrogens is 429 g/mol. The Morgan fingerprint density at radius 2 is 1.94 bits per heavy atom. The zero-order valence-corrected chi connectivity index (χ0v) is 18.0. The van der Waals surface area contributed by atoms with Crippen LogP contribution in [0.2, 0.25) is 0 Å². The first-order chi connectivity index (χ1) is 16.0. The van der Waals surface area contributed by atoms with Crippen LogP contribution in [0, 0.1) is 5.82 Å². The van der Waals surface area contributed by atoms with E-state index < -0.39 is 5.82 Å². The highest BCUT2D eigenvalue weighted by molar-refractivity contribution is 5.99. The summed E-state index contributed by atoms with van der Waals surface area (Å²) in [7, 11) is 4.81. The van der Waals surface area contributed by atoms with Crippen LogP contribution in [0.5, 0.6) is 5.75 Å². The third-order valence-electron chi connectivity index (χ3n) is 4.54. The Balaban J connectivity index is 1.73. The summed E-state index contributed by atoms with van der Waals surface area (Å²) >= 11 is 0. The Hall–Kier alpha value is -4.61. The van der Waals surface area contributed by atoms with E-state index >= 15 is 0 Å². The van der Waals surface area contributed by atoms with Gasteiger partial charge < -0.3 is 20.7 Å². The van der Waals surface area contributed by atoms with Gasteiger partial charge in [0.15, 0.2) is 11.6 Å². The van der Waals surface area contributed by atoms with E-state index in [2.05, 4.69) is 41.0 Å². The van der Waals surface area contributed by atoms with Crippen molar-refractivity contribution in [3.8, 4) is 17.1 Å². The van der Waals surface area contributed by atoms with Crippen LogP contribution in [0.25, 0.3) is 11.4 Å². The Kier molecular flexibility index (Phi) is 6.06. The highest BCUT2D eigenvalue weighted by atomic mass is 19.1. The van der Waals surface area contributed by atoms with Gasteiger partial charge >= 0.3 is 0 Å². The van der Waals surface area contributed by atoms with Crippen molar-refractivity contribution in [3.63, 3.8) is 0 Å². The molecule has 0 bridgehead atoms. The van der Waals surface area contributed by atoms with E-state index in [0.717, 1.165) is 6.20 Å². The number of carbonyl (C=O) groups is 1. The van der Waals surface area contributed by atoms with Gasteiger partial charge in [0.1, 0.15) is 29.3 Å². The third-order valence-corrected chi connectivity index (χ3v) is 4.54. The normalized spacial score (nSPS) is 10.5. The molecule has 0 aliphatic carbocycles. The first-order valence-corrected chi connectivity index (χ1v) is 9.76. The second kappa shape index (κ2) is 9.26. The number of amides is 1. The lowest BCUT2D eigenvalue weighted by Gasteiger charge is -2.16. The topological polar surface area (TPSA) is 132 Å². The number of hydrogen-bond acceptors (Lipinski definition) is 9. The molecule has 0 aliphatic heterocycles. The third kappa shape index (κ3) is 4.69. The molecule has 168 valence electrons. The summed E-state index contributed by atoms with van der Waals surface area (Å²) in [5.74, 6) is 0.829. The van der Waals surface area contributed by atoms with Crippen LogP contribution >= 0.6 is 0 Å². The van der Waals surface area contributed by atoms with Crippen LogP contribution in [0.1, 0.15) is 10.4 Å². The lowest BCUT2D eigenvalue weighted by Crippen LogP contribution is -2.20. The van der Waals surface area contributed by atoms with Gasteiger partial charge in [-0.15, -0.1) is 0 Å². The molecule has 3 N–H and O–H groups in total. The van der Waals surface area contributed by atoms with Gasteiger partial charge in [-0.3, -0.25) is 9.48 Å². The van der Waals surface area contributed by atoms with E-state index in [9.17, 15) is 9.18 Å². The van der Waals surface area contributed by atoms with Crippen molar-refractivity contribution < 1.29 is 13.9 Å². The fourth-order valence-electron chi connectivity index (χ4n) is 3.02. The van der Waals surface area contributed by atoms with E-state index in [1.165, 1.54) is 32.5 Å². The van der Waals surface area contributed by atoms with Crippen molar-refractivity contribution in [2.75, 3.05) is 24.8 Å². The lowest BCUT2D eigenvalue weighted by molar-refractivity contribution is 0.0963. The maximum absolute atomic E-state index is 13.1. The Labute approximate surface area is 188 Å². The number of methoxy groups -OCH3 is 1. The Bertz CT molecular complexity index is 1290. The molecule has 4 rings (SSSR count). The second-order valence-electron chi connectivity index (χ2n) is 6.77. The largest absolute Gasteiger partial charge is 0.494 e. The molecule has 4 aromatic rings. The second-order valence-corrected chi connectivity index (χ2v) is 6.77. The molecule has 0 saturated heterocycles. The molecule has 0 unspecified atom stereocenters. The molecular formula is C21H20FN9O2. The number of ether oxygens (including phenoxy) is 1. The van der Waals surface area contributed by atoms with Gasteiger partial charge in [0, 0.05) is 20.3 Å². The highest BCUT2D eigenvalue weighted by Crippen LogP contribution is 2.36. The summed E-state index contributed by atoms with van der Waals surface area (Å²) in [5, 5.41) is 12.9. The smallest absolute Gasteiger partial charge is 0.256 e. The van der Waals surface area contributed by atoms with Crippen LogP contribution in [-0.4, -0.2) is 49.8 Å². The first kappa shape index (κ1) is 21.6. The summed E-state index contributed by atoms with van der Waals surface area (Å²) in [6.45, 7) is 0. The summed E-state index contributed by atoms with van der Waals surface area (Å²) in [5.41, 5.74) is 1.41. The van der Waals surface area contributed by atoms with Crippen molar-refractivity contribution in [1.29, 1.82) is 0 Å². The van der Waals surface area contributed by atoms with Crippen molar-refractivity contribution in [3.05, 3.63) is 60.4 Å². The number of pyridine rings is 1. The molecule has 12 heteroatoms. The number of carbonyl (C=O) groups excluding carboxylic acids is 1. The molecule has 0 atom stereocenters. The first-order valence-electron chi connectivity index (χ1n) is 9.76. The van der Waals surface area contributed by atoms with Crippen LogP contribution in [-0.2, 0) is 7.05 Å². The van der Waals surface area contributed by atoms with Crippen molar-refractivity contribution in [2.45, 2.75) is 0 Å². The number of aromatic nitrogens is 6. The summed E-state index contributed by atoms with van der Waals surface area (Å²) in [6.07, 6.45) is 4.03. The summed E-state index contributed by atoms with van der Waals surface area (Å²) in [4.78, 5) is 29.2. The van der Waals surface area contributed by atoms with Crippen molar-refractivity contribution in [1.82, 2.24) is 35.0 Å². The number of rotatable bonds is 7. The molecule has 3 heterocycles. The van der Waals surface area contributed by atoms with Crippen molar-refractivity contribution in [2.24, 2.45) is 7.05 Å². The molecule has 1 aromatic carbocycles. The Morgan fingerprint density at radius 1 is 1.09 bits per heavy atom. The standard InChI is InChI=1S/C21H20FN9O2/c1-23-20(32)14-10-25-21(28-16-8-7-12(22)9-24-16)29-19(14)27-15-6-4-5-13(17(15)33-3)18-26-11-31(2)30-18/h4-11H,1-3H3,(H,23,32)(H2,24,25,27,28,29). The fourth-order valence-corrected chi connectivity index (χ4v) is 3.02. The number of aryl methyl sites for hydroxylation is 1. The molecule has 0 aliphatic rings. The van der Waals surface area contributed by atoms with E-state index in [-0.39, 0.29) is 23.2 Å². The van der Waals surface area contributed by atoms with Gasteiger partial charge in [-0.05, 0) is 24.3 Å². The maximum atomic E-state index is 13.1. The minimum atomic E-state index is -0.465. The lowest BCUT2D eigenvalue weighted by atomic mass is 10.1. The van der Waals surface area contributed by atoms with Crippen LogP contribution in [0.4, 0.5) is 27.7 Å². The number of hydrogen-bond donors (Lipinski definition) is 3. The summed E-state index contributed by atoms with van der Waals surface area (Å²) < 4.78 is 20.3. The zero-order chi connectivity index (χ0) is 23.4. The number of nitrogens with one attached hydrogen (secondary N) is 3. The minimum absolute atomic E-state index is 0.158. The predicted molar refractivity (Wildman–Crippen MR) is 119 cm³/mol. The molecule has 0 saturated carbocycles. The van der Waals surface area contributed by atoms with E-state index in [1.54, 1.807) is 30.2 Å². The van der Waals surface area contributed by atoms with Gasteiger partial charge in [-0.25, -0.2) is 19.3 Å². The summed E-state index contributed by atoms with van der Waals surface area (Å²) in [6, 6.07) is 8.11. The van der Waals surface area contributed by atoms with Gasteiger partial charge in [0.05, 0.1) is 24.6 Å². The molecule has 0 fully saturated rings. The highest BCUT2D eigenvalue weighted by Gasteiger charge is 2.19. The Morgan fingerprint density at radius 3 is 2.61 bits per heavy atom. The molecule has 3 aromatic heterocycles. The van der Waals surface area contributed by atoms with E-state index in [1.807, 2.05) is 6.07 Å². The predicted octanol–water partition coefficient (Wildman–Crippen LogP) is 2.66. The van der Waals surface area contributed by atoms with Crippen LogP contribution < -0.4 is 20.7 Å². The number of para-hydroxylation sites is 1. The van der Waals surface area contributed by atoms with Gasteiger partial charge in [0.2, 0.25) is 5.95 Å². The molecule has 1 amide bonds. The SMILES string of the molecule is CNC(=O)c1cnc(Nc2ccc(F)cn2)nc1Nc1cccc(-c2ncn(C)n2)c1OC. The minimum Gasteiger partial charge on any atom is -0.494 e. The van der Waals surface area contributed by atoms with E-state index in [4.69, 9.17) is 4.74 Å². The quantitative estimate of drug-likeness (QED) is 0.389. The number of benzene rings is 1. The number of anilines is 4. The number of nitrogens with zero attached hydrogens (tertiary/aromatic N) is 6. The van der Waals surface area contributed by atoms with Crippen LogP contribution in [0.15, 0.2) is 49.1 Å². The molecule has 11 nitrogen and oxygen atoms in total. The molecule has 0 spiro atoms. The zero-order valence-electron chi connectivity index (χ0n) is 18.0. The fraction of sp³-hybridized carbons (Fsp3) is 0.143. The van der Waals surface area contributed by atoms with Gasteiger partial charge in [-0.2, -0.15) is 10.1 Å². The average molecular weight is 449 g/mol. The van der Waals surface area contributed by atoms with Gasteiger partial charge in [0.25, 0.3) is 5.91 Å². The number of halogens is 1. The molecule has 33 heavy (non-hydrogen) atoms. The molecule has 0 radical (unpaired) electrons. The monoisotopic (exact) mass is 449 g/mol. The van der Waals surface area contributed by atoms with Crippen molar-refractivity contribution >= 4 is 29.2 Å². The van der Waals surface area contributed by atoms with Crippen LogP contribution in [0.3, 0.4) is 0 Å². The van der Waals surface area contributed by atoms with E-state index in [0.29, 0.717) is 28.6 Å². The maximum Gasteiger partial charge on any atom is 0.256 e. The van der Waals surface area contributed by atoms with Gasteiger partial charge in [-0.1, -0.05) is 6.07 Å². The average Bonchev–Trinajstić information content (AvgIpc) is 3.26.